The molecule has 0 saturated heterocycles. The molecule has 0 saturated carbocycles. The first-order valence-electron chi connectivity index (χ1n) is 11.5. The first kappa shape index (κ1) is 30.1. The second-order valence-corrected chi connectivity index (χ2v) is 8.96. The van der Waals surface area contributed by atoms with E-state index >= 15 is 0 Å². The molecule has 0 radical (unpaired) electrons. The van der Waals surface area contributed by atoms with Crippen molar-refractivity contribution in [1.82, 2.24) is 0 Å². The number of carbonyl (C=O) groups is 1. The van der Waals surface area contributed by atoms with Crippen LogP contribution in [0.15, 0.2) is 91.0 Å². The number of aliphatic hydroxyl groups is 2. The fourth-order valence-corrected chi connectivity index (χ4v) is 3.20. The normalized spacial score (nSPS) is 12.7. The Morgan fingerprint density at radius 1 is 0.743 bits per heavy atom. The molecule has 0 heterocycles. The van der Waals surface area contributed by atoms with E-state index in [-0.39, 0.29) is 21.1 Å². The van der Waals surface area contributed by atoms with Crippen LogP contribution in [0.5, 0.6) is 11.5 Å². The van der Waals surface area contributed by atoms with Crippen molar-refractivity contribution in [2.75, 3.05) is 0 Å². The highest BCUT2D eigenvalue weighted by atomic mass is 31.1. The topological polar surface area (TPSA) is 96.2 Å². The maximum Gasteiger partial charge on any atom is 0.335 e. The third-order valence-electron chi connectivity index (χ3n) is 4.91. The first-order valence-corrected chi connectivity index (χ1v) is 12.4. The van der Waals surface area contributed by atoms with E-state index in [0.717, 1.165) is 17.9 Å². The third kappa shape index (κ3) is 14.2. The molecule has 3 unspecified atom stereocenters. The number of rotatable bonds is 9. The van der Waals surface area contributed by atoms with Gasteiger partial charge < -0.3 is 24.4 Å². The summed E-state index contributed by atoms with van der Waals surface area (Å²) in [5.41, 5.74) is 0.331. The van der Waals surface area contributed by atoms with E-state index in [2.05, 4.69) is 13.8 Å². The fourth-order valence-electron chi connectivity index (χ4n) is 2.69. The molecule has 190 valence electrons. The average Bonchev–Trinajstić information content (AvgIpc) is 2.86. The summed E-state index contributed by atoms with van der Waals surface area (Å²) in [6.07, 6.45) is -0.00903. The van der Waals surface area contributed by atoms with Crippen LogP contribution in [0.4, 0.5) is 0 Å². The molecule has 0 spiro atoms. The lowest BCUT2D eigenvalue weighted by Gasteiger charge is -2.22. The van der Waals surface area contributed by atoms with Crippen LogP contribution in [0.25, 0.3) is 0 Å². The van der Waals surface area contributed by atoms with Crippen molar-refractivity contribution in [3.05, 3.63) is 96.6 Å². The SMILES string of the molecule is CC(C)CC(O)C(C)C(C)O.O=C(O)c1ccccc1.c1ccc(OPOc2ccccc2)cc1. The summed E-state index contributed by atoms with van der Waals surface area (Å²) in [5, 5.41) is 27.0. The number of carboxylic acid groups (broad SMARTS) is 1. The summed E-state index contributed by atoms with van der Waals surface area (Å²) in [6.45, 7) is 7.72. The molecule has 6 nitrogen and oxygen atoms in total. The molecule has 3 rings (SSSR count). The van der Waals surface area contributed by atoms with Crippen molar-refractivity contribution in [2.24, 2.45) is 11.8 Å². The first-order chi connectivity index (χ1) is 16.7. The van der Waals surface area contributed by atoms with Crippen LogP contribution in [-0.2, 0) is 0 Å². The number of para-hydroxylation sites is 2. The van der Waals surface area contributed by atoms with Gasteiger partial charge in [0.2, 0.25) is 0 Å². The molecule has 0 amide bonds. The number of aromatic carboxylic acids is 1. The van der Waals surface area contributed by atoms with Gasteiger partial charge in [-0.05, 0) is 55.7 Å². The molecule has 0 aromatic heterocycles. The van der Waals surface area contributed by atoms with Gasteiger partial charge in [-0.25, -0.2) is 4.79 Å². The highest BCUT2D eigenvalue weighted by Gasteiger charge is 2.19. The lowest BCUT2D eigenvalue weighted by molar-refractivity contribution is 0.0206. The molecule has 0 fully saturated rings. The monoisotopic (exact) mass is 500 g/mol. The molecule has 3 N–H and O–H groups in total. The lowest BCUT2D eigenvalue weighted by Crippen LogP contribution is -2.28. The summed E-state index contributed by atoms with van der Waals surface area (Å²) in [6, 6.07) is 27.5. The quantitative estimate of drug-likeness (QED) is 0.292. The minimum absolute atomic E-state index is 0.0129. The summed E-state index contributed by atoms with van der Waals surface area (Å²) >= 11 is 0. The van der Waals surface area contributed by atoms with E-state index in [1.165, 1.54) is 0 Å². The average molecular weight is 501 g/mol. The number of hydrogen-bond donors (Lipinski definition) is 3. The van der Waals surface area contributed by atoms with E-state index in [9.17, 15) is 9.90 Å². The van der Waals surface area contributed by atoms with Crippen molar-refractivity contribution in [3.63, 3.8) is 0 Å². The smallest absolute Gasteiger partial charge is 0.335 e. The number of carboxylic acids is 1. The Labute approximate surface area is 210 Å². The molecule has 35 heavy (non-hydrogen) atoms. The predicted octanol–water partition coefficient (Wildman–Crippen LogP) is 6.45. The van der Waals surface area contributed by atoms with Gasteiger partial charge in [0, 0.05) is 5.92 Å². The van der Waals surface area contributed by atoms with E-state index < -0.39 is 12.1 Å². The van der Waals surface area contributed by atoms with Gasteiger partial charge >= 0.3 is 5.97 Å². The van der Waals surface area contributed by atoms with Crippen molar-refractivity contribution < 1.29 is 29.2 Å². The van der Waals surface area contributed by atoms with E-state index in [0.29, 0.717) is 11.5 Å². The zero-order valence-electron chi connectivity index (χ0n) is 20.7. The highest BCUT2D eigenvalue weighted by Crippen LogP contribution is 2.24. The Hall–Kier alpha value is -2.92. The van der Waals surface area contributed by atoms with Crippen molar-refractivity contribution >= 4 is 15.0 Å². The van der Waals surface area contributed by atoms with Gasteiger partial charge in [-0.1, -0.05) is 75.4 Å². The zero-order chi connectivity index (χ0) is 26.1. The van der Waals surface area contributed by atoms with Crippen LogP contribution in [0.2, 0.25) is 0 Å². The molecule has 3 aromatic rings. The maximum atomic E-state index is 10.2. The Bertz CT molecular complexity index is 880. The Morgan fingerprint density at radius 2 is 1.14 bits per heavy atom. The molecule has 3 atom stereocenters. The Kier molecular flexibility index (Phi) is 15.1. The maximum absolute atomic E-state index is 10.2. The van der Waals surface area contributed by atoms with E-state index in [1.807, 2.05) is 67.6 Å². The van der Waals surface area contributed by atoms with E-state index in [4.69, 9.17) is 19.3 Å². The number of hydrogen-bond acceptors (Lipinski definition) is 5. The predicted molar refractivity (Wildman–Crippen MR) is 142 cm³/mol. The zero-order valence-corrected chi connectivity index (χ0v) is 21.7. The van der Waals surface area contributed by atoms with Crippen molar-refractivity contribution in [2.45, 2.75) is 46.3 Å². The molecule has 0 aliphatic heterocycles. The van der Waals surface area contributed by atoms with Gasteiger partial charge in [0.1, 0.15) is 11.5 Å². The minimum Gasteiger partial charge on any atom is -0.478 e. The van der Waals surface area contributed by atoms with Crippen LogP contribution in [-0.4, -0.2) is 33.5 Å². The standard InChI is InChI=1S/C12H11O2P.C9H20O2.C7H6O2/c1-3-7-11(8-4-1)13-15-14-12-9-5-2-6-10-12;1-6(2)5-9(11)7(3)8(4)10;8-7(9)6-4-2-1-3-5-6/h1-10,15H;6-11H,5H2,1-4H3;1-5H,(H,8,9). The molecular formula is C28H37O6P. The summed E-state index contributed by atoms with van der Waals surface area (Å²) in [7, 11) is -0.0129. The van der Waals surface area contributed by atoms with E-state index in [1.54, 1.807) is 37.3 Å². The molecule has 0 aliphatic carbocycles. The van der Waals surface area contributed by atoms with Crippen molar-refractivity contribution in [3.8, 4) is 11.5 Å². The Morgan fingerprint density at radius 3 is 1.46 bits per heavy atom. The molecular weight excluding hydrogens is 463 g/mol. The Balaban J connectivity index is 0.000000273. The molecule has 7 heteroatoms. The summed E-state index contributed by atoms with van der Waals surface area (Å²) in [4.78, 5) is 10.2. The lowest BCUT2D eigenvalue weighted by atomic mass is 9.92. The highest BCUT2D eigenvalue weighted by molar-refractivity contribution is 7.27. The van der Waals surface area contributed by atoms with Gasteiger partial charge in [-0.15, -0.1) is 0 Å². The van der Waals surface area contributed by atoms with Gasteiger partial charge in [0.05, 0.1) is 17.8 Å². The summed E-state index contributed by atoms with van der Waals surface area (Å²) in [5.74, 6) is 1.25. The van der Waals surface area contributed by atoms with Crippen LogP contribution in [0.1, 0.15) is 44.5 Å². The van der Waals surface area contributed by atoms with Gasteiger partial charge in [0.15, 0.2) is 0 Å². The van der Waals surface area contributed by atoms with Crippen LogP contribution >= 0.6 is 9.03 Å². The molecule has 0 bridgehead atoms. The van der Waals surface area contributed by atoms with Gasteiger partial charge in [-0.3, -0.25) is 0 Å². The van der Waals surface area contributed by atoms with Gasteiger partial charge in [-0.2, -0.15) is 0 Å². The molecule has 3 aromatic carbocycles. The number of benzene rings is 3. The largest absolute Gasteiger partial charge is 0.478 e. The minimum atomic E-state index is -0.879. The third-order valence-corrected chi connectivity index (χ3v) is 5.54. The number of aliphatic hydroxyl groups excluding tert-OH is 2. The summed E-state index contributed by atoms with van der Waals surface area (Å²) < 4.78 is 10.8. The van der Waals surface area contributed by atoms with Crippen LogP contribution in [0, 0.1) is 11.8 Å². The second kappa shape index (κ2) is 17.5. The van der Waals surface area contributed by atoms with Crippen molar-refractivity contribution in [1.29, 1.82) is 0 Å². The van der Waals surface area contributed by atoms with Gasteiger partial charge in [0.25, 0.3) is 9.03 Å². The van der Waals surface area contributed by atoms with Crippen LogP contribution < -0.4 is 9.05 Å². The molecule has 0 aliphatic rings. The van der Waals surface area contributed by atoms with Crippen LogP contribution in [0.3, 0.4) is 0 Å². The fraction of sp³-hybridized carbons (Fsp3) is 0.321. The second-order valence-electron chi connectivity index (χ2n) is 8.38.